The van der Waals surface area contributed by atoms with E-state index in [4.69, 9.17) is 0 Å². The standard InChI is InChI=1S/C14H12F2N4.2ClH/c1-9-17-4-5-20(9)8-14-18-7-13(19-14)10-2-3-11(15)12(16)6-10;;/h2-7H,8H2,1H3,(H,18,19);2*1H. The number of aryl methyl sites for hydroxylation is 1. The van der Waals surface area contributed by atoms with Crippen molar-refractivity contribution < 1.29 is 8.78 Å². The fourth-order valence-electron chi connectivity index (χ4n) is 1.99. The maximum atomic E-state index is 13.2. The van der Waals surface area contributed by atoms with Crippen molar-refractivity contribution in [3.05, 3.63) is 60.1 Å². The number of hydrogen-bond acceptors (Lipinski definition) is 2. The van der Waals surface area contributed by atoms with E-state index >= 15 is 0 Å². The summed E-state index contributed by atoms with van der Waals surface area (Å²) >= 11 is 0. The molecule has 0 unspecified atom stereocenters. The van der Waals surface area contributed by atoms with Gasteiger partial charge in [0, 0.05) is 18.0 Å². The maximum absolute atomic E-state index is 13.2. The van der Waals surface area contributed by atoms with Crippen LogP contribution in [0.3, 0.4) is 0 Å². The SMILES string of the molecule is Cc1nccn1Cc1ncc(-c2ccc(F)c(F)c2)[nH]1.Cl.Cl. The lowest BCUT2D eigenvalue weighted by molar-refractivity contribution is 0.509. The lowest BCUT2D eigenvalue weighted by Crippen LogP contribution is -2.02. The summed E-state index contributed by atoms with van der Waals surface area (Å²) in [5.41, 5.74) is 1.21. The van der Waals surface area contributed by atoms with Crippen molar-refractivity contribution in [2.24, 2.45) is 0 Å². The van der Waals surface area contributed by atoms with Gasteiger partial charge in [0.2, 0.25) is 0 Å². The topological polar surface area (TPSA) is 46.5 Å². The third kappa shape index (κ3) is 3.64. The number of rotatable bonds is 3. The molecule has 0 bridgehead atoms. The Morgan fingerprint density at radius 2 is 1.91 bits per heavy atom. The summed E-state index contributed by atoms with van der Waals surface area (Å²) < 4.78 is 28.1. The van der Waals surface area contributed by atoms with Crippen LogP contribution in [0.2, 0.25) is 0 Å². The van der Waals surface area contributed by atoms with Gasteiger partial charge in [-0.25, -0.2) is 18.7 Å². The molecule has 0 aliphatic heterocycles. The van der Waals surface area contributed by atoms with Crippen molar-refractivity contribution in [3.63, 3.8) is 0 Å². The molecule has 0 radical (unpaired) electrons. The average Bonchev–Trinajstić information content (AvgIpc) is 3.04. The van der Waals surface area contributed by atoms with Gasteiger partial charge in [-0.05, 0) is 25.1 Å². The molecule has 0 saturated heterocycles. The Hall–Kier alpha value is -1.92. The molecule has 0 spiro atoms. The van der Waals surface area contributed by atoms with E-state index < -0.39 is 11.6 Å². The van der Waals surface area contributed by atoms with Gasteiger partial charge in [0.15, 0.2) is 11.6 Å². The molecule has 0 aliphatic carbocycles. The molecule has 0 aliphatic rings. The number of imidazole rings is 2. The largest absolute Gasteiger partial charge is 0.340 e. The fourth-order valence-corrected chi connectivity index (χ4v) is 1.99. The summed E-state index contributed by atoms with van der Waals surface area (Å²) in [5, 5.41) is 0. The zero-order valence-electron chi connectivity index (χ0n) is 11.6. The van der Waals surface area contributed by atoms with Gasteiger partial charge >= 0.3 is 0 Å². The van der Waals surface area contributed by atoms with Crippen LogP contribution in [0.15, 0.2) is 36.8 Å². The summed E-state index contributed by atoms with van der Waals surface area (Å²) in [6.45, 7) is 2.45. The van der Waals surface area contributed by atoms with Crippen LogP contribution >= 0.6 is 24.8 Å². The van der Waals surface area contributed by atoms with E-state index in [2.05, 4.69) is 15.0 Å². The van der Waals surface area contributed by atoms with Crippen molar-refractivity contribution in [1.82, 2.24) is 19.5 Å². The third-order valence-electron chi connectivity index (χ3n) is 3.10. The zero-order chi connectivity index (χ0) is 14.1. The van der Waals surface area contributed by atoms with Gasteiger partial charge < -0.3 is 9.55 Å². The number of nitrogens with zero attached hydrogens (tertiary/aromatic N) is 3. The minimum Gasteiger partial charge on any atom is -0.340 e. The average molecular weight is 347 g/mol. The smallest absolute Gasteiger partial charge is 0.159 e. The van der Waals surface area contributed by atoms with E-state index in [1.807, 2.05) is 17.7 Å². The van der Waals surface area contributed by atoms with Gasteiger partial charge in [-0.1, -0.05) is 0 Å². The summed E-state index contributed by atoms with van der Waals surface area (Å²) in [6.07, 6.45) is 5.18. The van der Waals surface area contributed by atoms with Crippen molar-refractivity contribution in [2.75, 3.05) is 0 Å². The van der Waals surface area contributed by atoms with Gasteiger partial charge in [0.05, 0.1) is 18.4 Å². The van der Waals surface area contributed by atoms with Crippen molar-refractivity contribution in [1.29, 1.82) is 0 Å². The van der Waals surface area contributed by atoms with Crippen LogP contribution in [0, 0.1) is 18.6 Å². The Balaban J connectivity index is 0.00000121. The number of aromatic amines is 1. The number of nitrogens with one attached hydrogen (secondary N) is 1. The van der Waals surface area contributed by atoms with E-state index in [0.29, 0.717) is 17.8 Å². The summed E-state index contributed by atoms with van der Waals surface area (Å²) in [6, 6.07) is 3.76. The summed E-state index contributed by atoms with van der Waals surface area (Å²) in [5.74, 6) is -0.117. The molecule has 118 valence electrons. The summed E-state index contributed by atoms with van der Waals surface area (Å²) in [4.78, 5) is 11.5. The molecule has 0 saturated carbocycles. The molecule has 0 atom stereocenters. The third-order valence-corrected chi connectivity index (χ3v) is 3.10. The molecule has 0 fully saturated rings. The van der Waals surface area contributed by atoms with Crippen molar-refractivity contribution in [3.8, 4) is 11.3 Å². The number of benzene rings is 1. The molecule has 0 amide bonds. The minimum absolute atomic E-state index is 0. The second-order valence-electron chi connectivity index (χ2n) is 4.47. The van der Waals surface area contributed by atoms with Crippen LogP contribution < -0.4 is 0 Å². The van der Waals surface area contributed by atoms with Crippen molar-refractivity contribution in [2.45, 2.75) is 13.5 Å². The first-order chi connectivity index (χ1) is 9.63. The van der Waals surface area contributed by atoms with Crippen LogP contribution in [0.5, 0.6) is 0 Å². The van der Waals surface area contributed by atoms with Gasteiger partial charge in [0.1, 0.15) is 11.6 Å². The fraction of sp³-hybridized carbons (Fsp3) is 0.143. The quantitative estimate of drug-likeness (QED) is 0.784. The molecule has 2 heterocycles. The highest BCUT2D eigenvalue weighted by atomic mass is 35.5. The predicted octanol–water partition coefficient (Wildman–Crippen LogP) is 3.75. The molecule has 1 N–H and O–H groups in total. The van der Waals surface area contributed by atoms with Crippen LogP contribution in [0.25, 0.3) is 11.3 Å². The Morgan fingerprint density at radius 3 is 2.55 bits per heavy atom. The molecule has 8 heteroatoms. The number of aromatic nitrogens is 4. The lowest BCUT2D eigenvalue weighted by Gasteiger charge is -2.02. The summed E-state index contributed by atoms with van der Waals surface area (Å²) in [7, 11) is 0. The number of halogens is 4. The van der Waals surface area contributed by atoms with Crippen LogP contribution in [-0.2, 0) is 6.54 Å². The zero-order valence-corrected chi connectivity index (χ0v) is 13.2. The van der Waals surface area contributed by atoms with Gasteiger partial charge in [0.25, 0.3) is 0 Å². The van der Waals surface area contributed by atoms with Crippen LogP contribution in [0.4, 0.5) is 8.78 Å². The van der Waals surface area contributed by atoms with Crippen LogP contribution in [0.1, 0.15) is 11.6 Å². The predicted molar refractivity (Wildman–Crippen MR) is 84.5 cm³/mol. The first-order valence-corrected chi connectivity index (χ1v) is 6.10. The Kier molecular flexibility index (Phi) is 6.08. The Morgan fingerprint density at radius 1 is 1.14 bits per heavy atom. The number of H-pyrrole nitrogens is 1. The Bertz CT molecular complexity index is 755. The highest BCUT2D eigenvalue weighted by Gasteiger charge is 2.08. The molecule has 3 aromatic rings. The highest BCUT2D eigenvalue weighted by Crippen LogP contribution is 2.20. The normalized spacial score (nSPS) is 9.95. The second-order valence-corrected chi connectivity index (χ2v) is 4.47. The molecule has 22 heavy (non-hydrogen) atoms. The molecule has 4 nitrogen and oxygen atoms in total. The van der Waals surface area contributed by atoms with Gasteiger partial charge in [-0.2, -0.15) is 0 Å². The van der Waals surface area contributed by atoms with E-state index in [0.717, 1.165) is 23.8 Å². The van der Waals surface area contributed by atoms with Crippen LogP contribution in [-0.4, -0.2) is 19.5 Å². The molecule has 2 aromatic heterocycles. The monoisotopic (exact) mass is 346 g/mol. The molecular formula is C14H14Cl2F2N4. The highest BCUT2D eigenvalue weighted by molar-refractivity contribution is 5.85. The first kappa shape index (κ1) is 18.1. The lowest BCUT2D eigenvalue weighted by atomic mass is 10.1. The van der Waals surface area contributed by atoms with Crippen molar-refractivity contribution >= 4 is 24.8 Å². The Labute approximate surface area is 138 Å². The van der Waals surface area contributed by atoms with Gasteiger partial charge in [-0.3, -0.25) is 0 Å². The minimum atomic E-state index is -0.871. The molecule has 1 aromatic carbocycles. The van der Waals surface area contributed by atoms with Gasteiger partial charge in [-0.15, -0.1) is 24.8 Å². The van der Waals surface area contributed by atoms with E-state index in [-0.39, 0.29) is 24.8 Å². The van der Waals surface area contributed by atoms with E-state index in [1.54, 1.807) is 12.4 Å². The second kappa shape index (κ2) is 7.38. The maximum Gasteiger partial charge on any atom is 0.159 e. The first-order valence-electron chi connectivity index (χ1n) is 6.10. The molecular weight excluding hydrogens is 333 g/mol. The van der Waals surface area contributed by atoms with E-state index in [1.165, 1.54) is 6.07 Å². The van der Waals surface area contributed by atoms with E-state index in [9.17, 15) is 8.78 Å². The molecule has 3 rings (SSSR count). The number of hydrogen-bond donors (Lipinski definition) is 1.